The second kappa shape index (κ2) is 9.65. The molecule has 11 heteroatoms. The molecule has 2 saturated carbocycles. The summed E-state index contributed by atoms with van der Waals surface area (Å²) in [6, 6.07) is 4.85. The van der Waals surface area contributed by atoms with Crippen LogP contribution in [-0.4, -0.2) is 57.5 Å². The fourth-order valence-electron chi connectivity index (χ4n) is 4.85. The topological polar surface area (TPSA) is 115 Å². The molecule has 0 saturated heterocycles. The zero-order valence-corrected chi connectivity index (χ0v) is 19.8. The zero-order chi connectivity index (χ0) is 24.5. The fourth-order valence-corrected chi connectivity index (χ4v) is 4.85. The lowest BCUT2D eigenvalue weighted by Crippen LogP contribution is -2.48. The van der Waals surface area contributed by atoms with Crippen molar-refractivity contribution in [3.63, 3.8) is 0 Å². The van der Waals surface area contributed by atoms with E-state index in [1.54, 1.807) is 30.9 Å². The van der Waals surface area contributed by atoms with Crippen LogP contribution in [0.25, 0.3) is 5.65 Å². The largest absolute Gasteiger partial charge is 0.381 e. The minimum absolute atomic E-state index is 0.0715. The maximum Gasteiger partial charge on any atom is 0.274 e. The van der Waals surface area contributed by atoms with Crippen molar-refractivity contribution in [3.8, 4) is 0 Å². The second-order valence-electron chi connectivity index (χ2n) is 9.18. The van der Waals surface area contributed by atoms with Gasteiger partial charge in [-0.15, -0.1) is 0 Å². The molecule has 0 spiro atoms. The molecule has 1 amide bonds. The van der Waals surface area contributed by atoms with Crippen molar-refractivity contribution in [2.24, 2.45) is 0 Å². The summed E-state index contributed by atoms with van der Waals surface area (Å²) in [7, 11) is 3.44. The monoisotopic (exact) mass is 483 g/mol. The number of anilines is 3. The number of amides is 1. The highest BCUT2D eigenvalue weighted by atomic mass is 19.1. The summed E-state index contributed by atoms with van der Waals surface area (Å²) in [6.45, 7) is 0. The van der Waals surface area contributed by atoms with Crippen LogP contribution < -0.4 is 21.5 Å². The van der Waals surface area contributed by atoms with Crippen LogP contribution in [0.3, 0.4) is 0 Å². The Kier molecular flexibility index (Phi) is 6.42. The van der Waals surface area contributed by atoms with Gasteiger partial charge in [0, 0.05) is 32.5 Å². The average Bonchev–Trinajstić information content (AvgIpc) is 3.31. The molecule has 3 aromatic heterocycles. The Bertz CT molecular complexity index is 1290. The van der Waals surface area contributed by atoms with Gasteiger partial charge in [-0.25, -0.2) is 9.37 Å². The SMILES string of the molecule is CNc1cc(Nc2cccn([C@@H]3CCC[C@@H](OC)C3)c2=O)nc2c(C(=O)NC3CC[C@H]3F)cnn12. The molecule has 2 aliphatic rings. The van der Waals surface area contributed by atoms with Crippen molar-refractivity contribution in [2.75, 3.05) is 24.8 Å². The lowest BCUT2D eigenvalue weighted by Gasteiger charge is -2.30. The van der Waals surface area contributed by atoms with Crippen molar-refractivity contribution in [1.29, 1.82) is 0 Å². The van der Waals surface area contributed by atoms with Gasteiger partial charge in [0.05, 0.1) is 18.3 Å². The number of carbonyl (C=O) groups is 1. The van der Waals surface area contributed by atoms with E-state index in [2.05, 4.69) is 26.0 Å². The molecule has 3 N–H and O–H groups in total. The lowest BCUT2D eigenvalue weighted by atomic mass is 9.90. The molecule has 35 heavy (non-hydrogen) atoms. The number of hydrogen-bond donors (Lipinski definition) is 3. The molecule has 3 heterocycles. The van der Waals surface area contributed by atoms with Crippen molar-refractivity contribution in [1.82, 2.24) is 24.5 Å². The maximum absolute atomic E-state index is 13.7. The van der Waals surface area contributed by atoms with Crippen LogP contribution in [0.5, 0.6) is 0 Å². The molecule has 2 aliphatic carbocycles. The summed E-state index contributed by atoms with van der Waals surface area (Å²) in [5.41, 5.74) is 0.777. The molecule has 0 aromatic carbocycles. The van der Waals surface area contributed by atoms with Crippen LogP contribution in [0.4, 0.5) is 21.7 Å². The molecule has 0 aliphatic heterocycles. The van der Waals surface area contributed by atoms with Gasteiger partial charge in [0.2, 0.25) is 0 Å². The van der Waals surface area contributed by atoms with Crippen molar-refractivity contribution in [2.45, 2.75) is 62.9 Å². The Morgan fingerprint density at radius 1 is 1.26 bits per heavy atom. The molecular formula is C24H30FN7O3. The van der Waals surface area contributed by atoms with Crippen molar-refractivity contribution >= 4 is 28.9 Å². The number of hydrogen-bond acceptors (Lipinski definition) is 7. The van der Waals surface area contributed by atoms with Gasteiger partial charge in [0.15, 0.2) is 5.65 Å². The molecule has 4 atom stereocenters. The first-order valence-electron chi connectivity index (χ1n) is 12.0. The maximum atomic E-state index is 13.7. The first-order chi connectivity index (χ1) is 17.0. The van der Waals surface area contributed by atoms with Gasteiger partial charge in [0.25, 0.3) is 11.5 Å². The van der Waals surface area contributed by atoms with Crippen LogP contribution in [0, 0.1) is 0 Å². The number of rotatable bonds is 7. The summed E-state index contributed by atoms with van der Waals surface area (Å²) in [5, 5.41) is 13.1. The summed E-state index contributed by atoms with van der Waals surface area (Å²) < 4.78 is 22.5. The minimum Gasteiger partial charge on any atom is -0.381 e. The van der Waals surface area contributed by atoms with Gasteiger partial charge in [-0.3, -0.25) is 9.59 Å². The molecule has 3 aromatic rings. The quantitative estimate of drug-likeness (QED) is 0.473. The molecule has 0 bridgehead atoms. The van der Waals surface area contributed by atoms with E-state index in [9.17, 15) is 14.0 Å². The van der Waals surface area contributed by atoms with E-state index in [1.165, 1.54) is 10.7 Å². The number of aromatic nitrogens is 4. The highest BCUT2D eigenvalue weighted by Gasteiger charge is 2.33. The van der Waals surface area contributed by atoms with E-state index in [1.807, 2.05) is 12.3 Å². The van der Waals surface area contributed by atoms with Gasteiger partial charge in [-0.2, -0.15) is 9.61 Å². The summed E-state index contributed by atoms with van der Waals surface area (Å²) >= 11 is 0. The molecular weight excluding hydrogens is 453 g/mol. The Hall–Kier alpha value is -3.47. The van der Waals surface area contributed by atoms with E-state index in [4.69, 9.17) is 4.74 Å². The van der Waals surface area contributed by atoms with Gasteiger partial charge >= 0.3 is 0 Å². The van der Waals surface area contributed by atoms with Crippen LogP contribution in [-0.2, 0) is 4.74 Å². The Morgan fingerprint density at radius 3 is 2.83 bits per heavy atom. The normalized spacial score (nSPS) is 24.1. The third-order valence-corrected chi connectivity index (χ3v) is 7.04. The van der Waals surface area contributed by atoms with Crippen LogP contribution >= 0.6 is 0 Å². The zero-order valence-electron chi connectivity index (χ0n) is 19.8. The van der Waals surface area contributed by atoms with E-state index < -0.39 is 18.1 Å². The lowest BCUT2D eigenvalue weighted by molar-refractivity contribution is 0.0525. The first kappa shape index (κ1) is 23.3. The molecule has 186 valence electrons. The van der Waals surface area contributed by atoms with E-state index in [-0.39, 0.29) is 23.3 Å². The Morgan fingerprint density at radius 2 is 2.11 bits per heavy atom. The predicted molar refractivity (Wildman–Crippen MR) is 130 cm³/mol. The standard InChI is InChI=1S/C24H30FN7O3/c1-26-21-12-20(30-22-16(13-27-32(21)22)23(33)29-18-9-8-17(18)25)28-19-7-4-10-31(24(19)34)14-5-3-6-15(11-14)35-2/h4,7,10,12-15,17-18,26H,3,5-6,8-9,11H2,1-2H3,(H,28,30)(H,29,33)/t14-,15-,17-,18?/m1/s1. The van der Waals surface area contributed by atoms with E-state index in [0.29, 0.717) is 35.8 Å². The van der Waals surface area contributed by atoms with Crippen molar-refractivity contribution < 1.29 is 13.9 Å². The number of fused-ring (bicyclic) bond motifs is 1. The van der Waals surface area contributed by atoms with E-state index >= 15 is 0 Å². The number of pyridine rings is 1. The first-order valence-corrected chi connectivity index (χ1v) is 12.0. The molecule has 0 radical (unpaired) electrons. The second-order valence-corrected chi connectivity index (χ2v) is 9.18. The number of carbonyl (C=O) groups excluding carboxylic acids is 1. The van der Waals surface area contributed by atoms with Crippen LogP contribution in [0.2, 0.25) is 0 Å². The third kappa shape index (κ3) is 4.47. The van der Waals surface area contributed by atoms with Gasteiger partial charge < -0.3 is 25.3 Å². The molecule has 5 rings (SSSR count). The smallest absolute Gasteiger partial charge is 0.274 e. The van der Waals surface area contributed by atoms with Crippen LogP contribution in [0.1, 0.15) is 54.9 Å². The van der Waals surface area contributed by atoms with Gasteiger partial charge in [-0.1, -0.05) is 0 Å². The highest BCUT2D eigenvalue weighted by Crippen LogP contribution is 2.29. The number of alkyl halides is 1. The van der Waals surface area contributed by atoms with Gasteiger partial charge in [-0.05, 0) is 50.7 Å². The summed E-state index contributed by atoms with van der Waals surface area (Å²) in [4.78, 5) is 30.7. The van der Waals surface area contributed by atoms with E-state index in [0.717, 1.165) is 25.7 Å². The number of ether oxygens (including phenoxy) is 1. The Balaban J connectivity index is 1.44. The molecule has 1 unspecified atom stereocenters. The predicted octanol–water partition coefficient (Wildman–Crippen LogP) is 3.04. The highest BCUT2D eigenvalue weighted by molar-refractivity contribution is 6.00. The Labute approximate surface area is 201 Å². The molecule has 2 fully saturated rings. The van der Waals surface area contributed by atoms with Crippen LogP contribution in [0.15, 0.2) is 35.4 Å². The number of nitrogens with one attached hydrogen (secondary N) is 3. The van der Waals surface area contributed by atoms with Gasteiger partial charge in [0.1, 0.15) is 29.1 Å². The molecule has 10 nitrogen and oxygen atoms in total. The minimum atomic E-state index is -1.03. The number of methoxy groups -OCH3 is 1. The number of nitrogens with zero attached hydrogens (tertiary/aromatic N) is 4. The average molecular weight is 484 g/mol. The summed E-state index contributed by atoms with van der Waals surface area (Å²) in [5.74, 6) is 0.540. The third-order valence-electron chi connectivity index (χ3n) is 7.04. The number of halogens is 1. The fraction of sp³-hybridized carbons (Fsp3) is 0.500. The summed E-state index contributed by atoms with van der Waals surface area (Å²) in [6.07, 6.45) is 7.15. The van der Waals surface area contributed by atoms with Crippen molar-refractivity contribution in [3.05, 3.63) is 46.5 Å².